The Morgan fingerprint density at radius 3 is 2.95 bits per heavy atom. The van der Waals surface area contributed by atoms with Crippen LogP contribution in [0.4, 0.5) is 0 Å². The minimum absolute atomic E-state index is 0.493. The van der Waals surface area contributed by atoms with Gasteiger partial charge in [0.2, 0.25) is 0 Å². The van der Waals surface area contributed by atoms with Crippen LogP contribution >= 0.6 is 0 Å². The molecule has 4 rings (SSSR count). The van der Waals surface area contributed by atoms with Crippen molar-refractivity contribution in [3.8, 4) is 6.07 Å². The predicted octanol–water partition coefficient (Wildman–Crippen LogP) is 5.48. The number of allylic oxidation sites excluding steroid dienone is 2. The molecule has 0 aromatic rings. The van der Waals surface area contributed by atoms with Crippen molar-refractivity contribution in [1.29, 1.82) is 5.26 Å². The molecule has 0 amide bonds. The van der Waals surface area contributed by atoms with Gasteiger partial charge in [0.1, 0.15) is 0 Å². The number of rotatable bonds is 1. The fraction of sp³-hybridized carbons (Fsp3) is 0.850. The lowest BCUT2D eigenvalue weighted by atomic mass is 9.51. The molecule has 0 radical (unpaired) electrons. The molecule has 21 heavy (non-hydrogen) atoms. The molecule has 0 bridgehead atoms. The van der Waals surface area contributed by atoms with Gasteiger partial charge in [-0.3, -0.25) is 0 Å². The number of fused-ring (bicyclic) bond motifs is 5. The number of hydrogen-bond acceptors (Lipinski definition) is 1. The zero-order chi connectivity index (χ0) is 14.4. The van der Waals surface area contributed by atoms with Crippen LogP contribution in [0.2, 0.25) is 0 Å². The maximum Gasteiger partial charge on any atom is 0.0624 e. The Labute approximate surface area is 129 Å². The van der Waals surface area contributed by atoms with E-state index in [1.54, 1.807) is 0 Å². The van der Waals surface area contributed by atoms with Gasteiger partial charge in [-0.05, 0) is 92.8 Å². The van der Waals surface area contributed by atoms with Crippen LogP contribution < -0.4 is 0 Å². The second-order valence-electron chi connectivity index (χ2n) is 8.47. The Kier molecular flexibility index (Phi) is 3.40. The topological polar surface area (TPSA) is 23.8 Å². The SMILES string of the molecule is C[C@]12CC[C@H]3[C@@H](CCC4=CCCC[C@@H]43)[C@@H]1CC[C@H]2CC#N. The summed E-state index contributed by atoms with van der Waals surface area (Å²) in [6.45, 7) is 2.54. The summed E-state index contributed by atoms with van der Waals surface area (Å²) in [6, 6.07) is 2.48. The summed E-state index contributed by atoms with van der Waals surface area (Å²) >= 11 is 0. The van der Waals surface area contributed by atoms with Crippen LogP contribution in [-0.2, 0) is 0 Å². The van der Waals surface area contributed by atoms with Gasteiger partial charge in [0, 0.05) is 6.42 Å². The fourth-order valence-electron chi connectivity index (χ4n) is 6.86. The molecule has 0 unspecified atom stereocenters. The molecule has 0 N–H and O–H groups in total. The maximum absolute atomic E-state index is 9.16. The lowest BCUT2D eigenvalue weighted by Gasteiger charge is -2.54. The molecule has 0 spiro atoms. The highest BCUT2D eigenvalue weighted by molar-refractivity contribution is 5.18. The van der Waals surface area contributed by atoms with E-state index in [0.29, 0.717) is 11.3 Å². The highest BCUT2D eigenvalue weighted by atomic mass is 14.6. The third-order valence-corrected chi connectivity index (χ3v) is 7.91. The molecule has 1 nitrogen and oxygen atoms in total. The average molecular weight is 283 g/mol. The van der Waals surface area contributed by atoms with E-state index in [0.717, 1.165) is 30.1 Å². The molecule has 4 aliphatic carbocycles. The Balaban J connectivity index is 1.59. The van der Waals surface area contributed by atoms with Crippen molar-refractivity contribution in [2.75, 3.05) is 0 Å². The number of nitrogens with zero attached hydrogens (tertiary/aromatic N) is 1. The van der Waals surface area contributed by atoms with Crippen molar-refractivity contribution in [3.63, 3.8) is 0 Å². The Morgan fingerprint density at radius 1 is 1.19 bits per heavy atom. The first-order valence-corrected chi connectivity index (χ1v) is 9.30. The second kappa shape index (κ2) is 5.15. The van der Waals surface area contributed by atoms with Crippen molar-refractivity contribution in [1.82, 2.24) is 0 Å². The average Bonchev–Trinajstić information content (AvgIpc) is 2.84. The molecule has 6 atom stereocenters. The maximum atomic E-state index is 9.16. The van der Waals surface area contributed by atoms with Crippen LogP contribution in [0.5, 0.6) is 0 Å². The first-order valence-electron chi connectivity index (χ1n) is 9.30. The highest BCUT2D eigenvalue weighted by Crippen LogP contribution is 2.64. The fourth-order valence-corrected chi connectivity index (χ4v) is 6.86. The van der Waals surface area contributed by atoms with Crippen molar-refractivity contribution >= 4 is 0 Å². The van der Waals surface area contributed by atoms with Gasteiger partial charge >= 0.3 is 0 Å². The van der Waals surface area contributed by atoms with Gasteiger partial charge in [-0.25, -0.2) is 0 Å². The number of hydrogen-bond donors (Lipinski definition) is 0. The Hall–Kier alpha value is -0.770. The van der Waals surface area contributed by atoms with Gasteiger partial charge in [0.15, 0.2) is 0 Å². The first kappa shape index (κ1) is 13.9. The van der Waals surface area contributed by atoms with E-state index in [9.17, 15) is 0 Å². The van der Waals surface area contributed by atoms with Gasteiger partial charge in [0.05, 0.1) is 6.07 Å². The summed E-state index contributed by atoms with van der Waals surface area (Å²) in [6.07, 6.45) is 16.1. The molecular formula is C20H29N. The molecule has 3 saturated carbocycles. The largest absolute Gasteiger partial charge is 0.198 e. The molecule has 0 aliphatic heterocycles. The van der Waals surface area contributed by atoms with E-state index in [1.165, 1.54) is 57.8 Å². The summed E-state index contributed by atoms with van der Waals surface area (Å²) in [4.78, 5) is 0. The van der Waals surface area contributed by atoms with Gasteiger partial charge in [-0.15, -0.1) is 0 Å². The third-order valence-electron chi connectivity index (χ3n) is 7.91. The lowest BCUT2D eigenvalue weighted by Crippen LogP contribution is -2.46. The van der Waals surface area contributed by atoms with Crippen LogP contribution in [0.1, 0.15) is 71.1 Å². The summed E-state index contributed by atoms with van der Waals surface area (Å²) < 4.78 is 0. The van der Waals surface area contributed by atoms with Crippen LogP contribution in [-0.4, -0.2) is 0 Å². The van der Waals surface area contributed by atoms with E-state index in [1.807, 2.05) is 5.57 Å². The van der Waals surface area contributed by atoms with Crippen molar-refractivity contribution in [2.24, 2.45) is 35.0 Å². The Morgan fingerprint density at radius 2 is 2.10 bits per heavy atom. The predicted molar refractivity (Wildman–Crippen MR) is 85.4 cm³/mol. The van der Waals surface area contributed by atoms with Crippen molar-refractivity contribution < 1.29 is 0 Å². The smallest absolute Gasteiger partial charge is 0.0624 e. The lowest BCUT2D eigenvalue weighted by molar-refractivity contribution is -0.0207. The molecular weight excluding hydrogens is 254 g/mol. The minimum atomic E-state index is 0.493. The molecule has 1 heteroatoms. The van der Waals surface area contributed by atoms with E-state index in [2.05, 4.69) is 19.1 Å². The second-order valence-corrected chi connectivity index (χ2v) is 8.47. The normalized spacial score (nSPS) is 48.6. The quantitative estimate of drug-likeness (QED) is 0.585. The van der Waals surface area contributed by atoms with Gasteiger partial charge in [-0.2, -0.15) is 5.26 Å². The van der Waals surface area contributed by atoms with Crippen LogP contribution in [0.15, 0.2) is 11.6 Å². The van der Waals surface area contributed by atoms with Gasteiger partial charge in [0.25, 0.3) is 0 Å². The molecule has 0 heterocycles. The van der Waals surface area contributed by atoms with Crippen molar-refractivity contribution in [3.05, 3.63) is 11.6 Å². The first-order chi connectivity index (χ1) is 10.2. The van der Waals surface area contributed by atoms with E-state index in [4.69, 9.17) is 5.26 Å². The molecule has 0 aromatic carbocycles. The summed E-state index contributed by atoms with van der Waals surface area (Å²) in [5.74, 6) is 4.53. The minimum Gasteiger partial charge on any atom is -0.198 e. The standard InChI is InChI=1S/C20H29N/c1-20-12-10-17-16-5-3-2-4-14(16)6-8-18(17)19(20)9-7-15(20)11-13-21/h4,15-19H,2-3,5-12H2,1H3/t15-,16-,17+,18+,19-,20+/m0/s1. The monoisotopic (exact) mass is 283 g/mol. The van der Waals surface area contributed by atoms with E-state index in [-0.39, 0.29) is 0 Å². The third kappa shape index (κ3) is 2.01. The van der Waals surface area contributed by atoms with E-state index < -0.39 is 0 Å². The van der Waals surface area contributed by atoms with Crippen LogP contribution in [0.25, 0.3) is 0 Å². The zero-order valence-corrected chi connectivity index (χ0v) is 13.5. The molecule has 0 saturated heterocycles. The number of nitriles is 1. The summed E-state index contributed by atoms with van der Waals surface area (Å²) in [7, 11) is 0. The Bertz CT molecular complexity index is 485. The van der Waals surface area contributed by atoms with Gasteiger partial charge < -0.3 is 0 Å². The zero-order valence-electron chi connectivity index (χ0n) is 13.5. The molecule has 0 aromatic heterocycles. The molecule has 114 valence electrons. The van der Waals surface area contributed by atoms with Crippen molar-refractivity contribution in [2.45, 2.75) is 71.1 Å². The van der Waals surface area contributed by atoms with Gasteiger partial charge in [-0.1, -0.05) is 18.6 Å². The molecule has 4 aliphatic rings. The van der Waals surface area contributed by atoms with Crippen LogP contribution in [0.3, 0.4) is 0 Å². The molecule has 3 fully saturated rings. The van der Waals surface area contributed by atoms with Crippen LogP contribution in [0, 0.1) is 46.3 Å². The van der Waals surface area contributed by atoms with E-state index >= 15 is 0 Å². The summed E-state index contributed by atoms with van der Waals surface area (Å²) in [5.41, 5.74) is 2.32. The summed E-state index contributed by atoms with van der Waals surface area (Å²) in [5, 5.41) is 9.16. The highest BCUT2D eigenvalue weighted by Gasteiger charge is 2.55.